The van der Waals surface area contributed by atoms with Gasteiger partial charge in [0, 0.05) is 26.7 Å². The van der Waals surface area contributed by atoms with E-state index in [9.17, 15) is 10.1 Å². The minimum Gasteiger partial charge on any atom is -0.373 e. The summed E-state index contributed by atoms with van der Waals surface area (Å²) >= 11 is 0. The van der Waals surface area contributed by atoms with Crippen molar-refractivity contribution < 1.29 is 9.66 Å². The molecule has 2 atom stereocenters. The van der Waals surface area contributed by atoms with Crippen molar-refractivity contribution in [3.05, 3.63) is 15.8 Å². The van der Waals surface area contributed by atoms with Gasteiger partial charge in [-0.25, -0.2) is 4.68 Å². The highest BCUT2D eigenvalue weighted by molar-refractivity contribution is 5.62. The number of hydrogen-bond acceptors (Lipinski definition) is 6. The summed E-state index contributed by atoms with van der Waals surface area (Å²) in [6.45, 7) is 4.71. The quantitative estimate of drug-likeness (QED) is 0.567. The number of anilines is 1. The van der Waals surface area contributed by atoms with E-state index in [1.54, 1.807) is 18.7 Å². The smallest absolute Gasteiger partial charge is 0.333 e. The van der Waals surface area contributed by atoms with Crippen LogP contribution in [0.2, 0.25) is 0 Å². The number of ether oxygens (including phenoxy) is 1. The predicted octanol–water partition coefficient (Wildman–Crippen LogP) is 0.156. The van der Waals surface area contributed by atoms with Crippen LogP contribution in [0.3, 0.4) is 0 Å². The fourth-order valence-corrected chi connectivity index (χ4v) is 3.23. The second-order valence-corrected chi connectivity index (χ2v) is 5.50. The Kier molecular flexibility index (Phi) is 3.14. The molecular weight excluding hydrogens is 262 g/mol. The molecule has 0 amide bonds. The predicted molar refractivity (Wildman–Crippen MR) is 73.0 cm³/mol. The Morgan fingerprint density at radius 3 is 2.80 bits per heavy atom. The van der Waals surface area contributed by atoms with Crippen LogP contribution in [0.5, 0.6) is 0 Å². The zero-order valence-corrected chi connectivity index (χ0v) is 11.9. The van der Waals surface area contributed by atoms with Crippen LogP contribution >= 0.6 is 0 Å². The second kappa shape index (κ2) is 4.71. The van der Waals surface area contributed by atoms with Gasteiger partial charge in [0.2, 0.25) is 5.82 Å². The van der Waals surface area contributed by atoms with Crippen molar-refractivity contribution >= 4 is 11.5 Å². The molecule has 1 aromatic heterocycles. The Hall–Kier alpha value is -1.67. The van der Waals surface area contributed by atoms with E-state index < -0.39 is 0 Å². The molecule has 2 aliphatic heterocycles. The Bertz CT molecular complexity index is 543. The van der Waals surface area contributed by atoms with E-state index in [1.165, 1.54) is 0 Å². The van der Waals surface area contributed by atoms with Gasteiger partial charge in [-0.05, 0) is 14.0 Å². The van der Waals surface area contributed by atoms with Gasteiger partial charge >= 0.3 is 5.69 Å². The molecule has 2 saturated heterocycles. The molecule has 110 valence electrons. The molecule has 0 aromatic carbocycles. The molecule has 8 nitrogen and oxygen atoms in total. The minimum absolute atomic E-state index is 0.105. The molecule has 2 aliphatic rings. The largest absolute Gasteiger partial charge is 0.373 e. The van der Waals surface area contributed by atoms with Crippen molar-refractivity contribution in [2.45, 2.75) is 19.1 Å². The Morgan fingerprint density at radius 2 is 2.15 bits per heavy atom. The number of aryl methyl sites for hydroxylation is 2. The van der Waals surface area contributed by atoms with Crippen molar-refractivity contribution in [1.29, 1.82) is 0 Å². The molecule has 2 unspecified atom stereocenters. The van der Waals surface area contributed by atoms with Gasteiger partial charge in [0.15, 0.2) is 0 Å². The molecule has 3 heterocycles. The van der Waals surface area contributed by atoms with Crippen LogP contribution in [-0.2, 0) is 11.8 Å². The summed E-state index contributed by atoms with van der Waals surface area (Å²) in [6, 6.07) is 0.290. The van der Waals surface area contributed by atoms with E-state index in [0.29, 0.717) is 24.1 Å². The lowest BCUT2D eigenvalue weighted by Crippen LogP contribution is -2.48. The van der Waals surface area contributed by atoms with Gasteiger partial charge in [0.25, 0.3) is 0 Å². The third-order valence-corrected chi connectivity index (χ3v) is 4.22. The molecule has 0 bridgehead atoms. The van der Waals surface area contributed by atoms with Crippen LogP contribution < -0.4 is 4.90 Å². The van der Waals surface area contributed by atoms with Gasteiger partial charge in [-0.3, -0.25) is 15.0 Å². The maximum absolute atomic E-state index is 11.3. The van der Waals surface area contributed by atoms with E-state index in [4.69, 9.17) is 4.74 Å². The first-order chi connectivity index (χ1) is 9.49. The van der Waals surface area contributed by atoms with Crippen LogP contribution in [0.4, 0.5) is 11.5 Å². The first kappa shape index (κ1) is 13.3. The highest BCUT2D eigenvalue weighted by Gasteiger charge is 2.42. The molecule has 0 N–H and O–H groups in total. The van der Waals surface area contributed by atoms with Crippen LogP contribution in [0.25, 0.3) is 0 Å². The number of rotatable bonds is 2. The Labute approximate surface area is 117 Å². The first-order valence-electron chi connectivity index (χ1n) is 6.74. The summed E-state index contributed by atoms with van der Waals surface area (Å²) < 4.78 is 7.39. The minimum atomic E-state index is -0.343. The zero-order chi connectivity index (χ0) is 14.4. The standard InChI is InChI=1S/C12H19N5O3/c1-8-11(17(18)19)12(15(3)13-8)16-6-9-10(7-16)20-5-4-14(9)2/h9-10H,4-7H2,1-3H3. The number of likely N-dealkylation sites (N-methyl/N-ethyl adjacent to an activating group) is 1. The summed E-state index contributed by atoms with van der Waals surface area (Å²) in [4.78, 5) is 15.2. The number of morpholine rings is 1. The molecule has 1 aromatic rings. The van der Waals surface area contributed by atoms with Crippen LogP contribution in [0.1, 0.15) is 5.69 Å². The van der Waals surface area contributed by atoms with Gasteiger partial charge in [-0.1, -0.05) is 0 Å². The molecule has 2 fully saturated rings. The lowest BCUT2D eigenvalue weighted by atomic mass is 10.1. The van der Waals surface area contributed by atoms with E-state index in [0.717, 1.165) is 19.7 Å². The van der Waals surface area contributed by atoms with Gasteiger partial charge in [-0.2, -0.15) is 5.10 Å². The van der Waals surface area contributed by atoms with Crippen molar-refractivity contribution in [2.75, 3.05) is 38.2 Å². The summed E-state index contributed by atoms with van der Waals surface area (Å²) in [5.41, 5.74) is 0.561. The lowest BCUT2D eigenvalue weighted by molar-refractivity contribution is -0.384. The third-order valence-electron chi connectivity index (χ3n) is 4.22. The van der Waals surface area contributed by atoms with E-state index in [-0.39, 0.29) is 16.7 Å². The maximum Gasteiger partial charge on any atom is 0.333 e. The van der Waals surface area contributed by atoms with Crippen molar-refractivity contribution in [3.8, 4) is 0 Å². The third kappa shape index (κ3) is 1.95. The molecule has 0 saturated carbocycles. The molecule has 0 aliphatic carbocycles. The van der Waals surface area contributed by atoms with E-state index in [2.05, 4.69) is 17.0 Å². The second-order valence-electron chi connectivity index (χ2n) is 5.50. The molecule has 8 heteroatoms. The van der Waals surface area contributed by atoms with Crippen molar-refractivity contribution in [2.24, 2.45) is 7.05 Å². The van der Waals surface area contributed by atoms with Crippen molar-refractivity contribution in [3.63, 3.8) is 0 Å². The number of fused-ring (bicyclic) bond motifs is 1. The fourth-order valence-electron chi connectivity index (χ4n) is 3.23. The summed E-state index contributed by atoms with van der Waals surface area (Å²) in [6.07, 6.45) is 0.114. The van der Waals surface area contributed by atoms with Gasteiger partial charge in [0.1, 0.15) is 5.69 Å². The monoisotopic (exact) mass is 281 g/mol. The van der Waals surface area contributed by atoms with Crippen LogP contribution in [0.15, 0.2) is 0 Å². The average molecular weight is 281 g/mol. The summed E-state index contributed by atoms with van der Waals surface area (Å²) in [5, 5.41) is 15.5. The number of nitrogens with zero attached hydrogens (tertiary/aromatic N) is 5. The van der Waals surface area contributed by atoms with Gasteiger partial charge in [0.05, 0.1) is 23.7 Å². The van der Waals surface area contributed by atoms with Gasteiger partial charge in [-0.15, -0.1) is 0 Å². The fraction of sp³-hybridized carbons (Fsp3) is 0.750. The van der Waals surface area contributed by atoms with E-state index >= 15 is 0 Å². The average Bonchev–Trinajstić information content (AvgIpc) is 2.90. The summed E-state index contributed by atoms with van der Waals surface area (Å²) in [7, 11) is 3.83. The first-order valence-corrected chi connectivity index (χ1v) is 6.74. The normalized spacial score (nSPS) is 26.9. The van der Waals surface area contributed by atoms with Crippen LogP contribution in [0, 0.1) is 17.0 Å². The molecule has 0 radical (unpaired) electrons. The number of nitro groups is 1. The SMILES string of the molecule is Cc1nn(C)c(N2CC3OCCN(C)C3C2)c1[N+](=O)[O-]. The number of aromatic nitrogens is 2. The molecular formula is C12H19N5O3. The number of hydrogen-bond donors (Lipinski definition) is 0. The topological polar surface area (TPSA) is 76.7 Å². The van der Waals surface area contributed by atoms with Crippen LogP contribution in [-0.4, -0.2) is 65.0 Å². The maximum atomic E-state index is 11.3. The highest BCUT2D eigenvalue weighted by Crippen LogP contribution is 2.34. The van der Waals surface area contributed by atoms with Gasteiger partial charge < -0.3 is 9.64 Å². The molecule has 20 heavy (non-hydrogen) atoms. The Morgan fingerprint density at radius 1 is 1.40 bits per heavy atom. The molecule has 3 rings (SSSR count). The van der Waals surface area contributed by atoms with Crippen molar-refractivity contribution in [1.82, 2.24) is 14.7 Å². The lowest BCUT2D eigenvalue weighted by Gasteiger charge is -2.33. The zero-order valence-electron chi connectivity index (χ0n) is 11.9. The Balaban J connectivity index is 1.93. The molecule has 0 spiro atoms. The highest BCUT2D eigenvalue weighted by atomic mass is 16.6. The summed E-state index contributed by atoms with van der Waals surface area (Å²) in [5.74, 6) is 0.582. The van der Waals surface area contributed by atoms with E-state index in [1.807, 2.05) is 4.90 Å².